The number of amides is 3. The van der Waals surface area contributed by atoms with Crippen LogP contribution in [-0.4, -0.2) is 79.1 Å². The van der Waals surface area contributed by atoms with Crippen LogP contribution in [0.15, 0.2) is 30.5 Å². The van der Waals surface area contributed by atoms with Crippen molar-refractivity contribution < 1.29 is 9.59 Å². The molecule has 0 bridgehead atoms. The molecule has 1 aromatic heterocycles. The van der Waals surface area contributed by atoms with Crippen molar-refractivity contribution in [1.82, 2.24) is 20.1 Å². The number of nitrogens with one attached hydrogen (secondary N) is 2. The maximum absolute atomic E-state index is 12.5. The molecular weight excluding hydrogens is 526 g/mol. The van der Waals surface area contributed by atoms with Crippen molar-refractivity contribution in [2.45, 2.75) is 83.2 Å². The molecular formula is C33H49N7O2. The van der Waals surface area contributed by atoms with E-state index < -0.39 is 5.91 Å². The zero-order valence-corrected chi connectivity index (χ0v) is 25.9. The number of anilines is 3. The van der Waals surface area contributed by atoms with Gasteiger partial charge in [0, 0.05) is 44.5 Å². The van der Waals surface area contributed by atoms with Crippen LogP contribution in [-0.2, 0) is 6.42 Å². The summed E-state index contributed by atoms with van der Waals surface area (Å²) in [6.45, 7) is 8.21. The van der Waals surface area contributed by atoms with E-state index in [1.807, 2.05) is 0 Å². The number of nitrogens with zero attached hydrogens (tertiary/aromatic N) is 4. The number of carbonyl (C=O) groups excluding carboxylic acids is 2. The number of benzene rings is 1. The van der Waals surface area contributed by atoms with Crippen molar-refractivity contribution in [1.29, 1.82) is 0 Å². The molecule has 2 unspecified atom stereocenters. The molecule has 5 rings (SSSR count). The van der Waals surface area contributed by atoms with Gasteiger partial charge in [0.2, 0.25) is 0 Å². The number of primary amides is 1. The van der Waals surface area contributed by atoms with Crippen LogP contribution in [0.3, 0.4) is 0 Å². The summed E-state index contributed by atoms with van der Waals surface area (Å²) < 4.78 is 0. The highest BCUT2D eigenvalue weighted by molar-refractivity contribution is 5.99. The Hall–Kier alpha value is -3.33. The molecule has 2 aromatic rings. The second kappa shape index (κ2) is 13.3. The molecule has 2 saturated heterocycles. The predicted molar refractivity (Wildman–Crippen MR) is 170 cm³/mol. The van der Waals surface area contributed by atoms with Gasteiger partial charge in [-0.15, -0.1) is 0 Å². The van der Waals surface area contributed by atoms with Crippen LogP contribution < -0.4 is 21.3 Å². The van der Waals surface area contributed by atoms with Crippen LogP contribution in [0.5, 0.6) is 0 Å². The highest BCUT2D eigenvalue weighted by Gasteiger charge is 2.31. The molecule has 3 amide bonds. The molecule has 0 spiro atoms. The SMILES string of the molecule is CCc1c(N2CCC(C)C(NC(=O)N(C)C)C2)cnc(C(N)=O)c1Nc1ccc(C2CCN(C3CCCC3)CC2)cc1. The van der Waals surface area contributed by atoms with Crippen molar-refractivity contribution in [3.63, 3.8) is 0 Å². The molecule has 3 fully saturated rings. The minimum absolute atomic E-state index is 0.0168. The van der Waals surface area contributed by atoms with Gasteiger partial charge >= 0.3 is 6.03 Å². The maximum atomic E-state index is 12.5. The Morgan fingerprint density at radius 2 is 1.71 bits per heavy atom. The fraction of sp³-hybridized carbons (Fsp3) is 0.606. The fourth-order valence-corrected chi connectivity index (χ4v) is 7.11. The number of urea groups is 1. The summed E-state index contributed by atoms with van der Waals surface area (Å²) in [5.41, 5.74) is 11.0. The third-order valence-corrected chi connectivity index (χ3v) is 9.79. The Bertz CT molecular complexity index is 1230. The first kappa shape index (κ1) is 30.1. The van der Waals surface area contributed by atoms with Gasteiger partial charge in [0.15, 0.2) is 5.69 Å². The summed E-state index contributed by atoms with van der Waals surface area (Å²) in [5, 5.41) is 6.69. The standard InChI is InChI=1S/C33H49N7O2/c1-5-27-29(40-17-14-22(2)28(21-40)37-33(42)38(3)4)20-35-31(32(34)41)30(27)36-25-12-10-23(11-13-25)24-15-18-39(19-16-24)26-8-6-7-9-26/h10-13,20,22,24,26,28,36H,5-9,14-19,21H2,1-4H3,(H2,34,41)(H,37,42). The quantitative estimate of drug-likeness (QED) is 0.405. The van der Waals surface area contributed by atoms with Gasteiger partial charge in [-0.2, -0.15) is 0 Å². The lowest BCUT2D eigenvalue weighted by Gasteiger charge is -2.40. The van der Waals surface area contributed by atoms with Gasteiger partial charge in [-0.1, -0.05) is 38.8 Å². The predicted octanol–water partition coefficient (Wildman–Crippen LogP) is 5.09. The fourth-order valence-electron chi connectivity index (χ4n) is 7.11. The van der Waals surface area contributed by atoms with E-state index in [0.717, 1.165) is 35.9 Å². The first-order valence-corrected chi connectivity index (χ1v) is 15.9. The molecule has 9 heteroatoms. The number of hydrogen-bond acceptors (Lipinski definition) is 6. The monoisotopic (exact) mass is 575 g/mol. The average molecular weight is 576 g/mol. The molecule has 0 radical (unpaired) electrons. The first-order valence-electron chi connectivity index (χ1n) is 15.9. The molecule has 1 aliphatic carbocycles. The first-order chi connectivity index (χ1) is 20.2. The Kier molecular flexibility index (Phi) is 9.56. The van der Waals surface area contributed by atoms with E-state index in [1.54, 1.807) is 25.2 Å². The van der Waals surface area contributed by atoms with Gasteiger partial charge in [-0.3, -0.25) is 4.79 Å². The third-order valence-electron chi connectivity index (χ3n) is 9.79. The number of pyridine rings is 1. The summed E-state index contributed by atoms with van der Waals surface area (Å²) in [6, 6.07) is 9.44. The highest BCUT2D eigenvalue weighted by Crippen LogP contribution is 2.36. The minimum atomic E-state index is -0.548. The van der Waals surface area contributed by atoms with Gasteiger partial charge < -0.3 is 31.1 Å². The molecule has 1 aromatic carbocycles. The van der Waals surface area contributed by atoms with Crippen LogP contribution in [0.2, 0.25) is 0 Å². The van der Waals surface area contributed by atoms with Crippen LogP contribution in [0, 0.1) is 5.92 Å². The third kappa shape index (κ3) is 6.66. The molecule has 2 aliphatic heterocycles. The van der Waals surface area contributed by atoms with Gasteiger partial charge in [0.05, 0.1) is 23.6 Å². The van der Waals surface area contributed by atoms with Crippen LogP contribution in [0.25, 0.3) is 0 Å². The van der Waals surface area contributed by atoms with E-state index in [0.29, 0.717) is 30.5 Å². The van der Waals surface area contributed by atoms with Crippen LogP contribution >= 0.6 is 0 Å². The van der Waals surface area contributed by atoms with Crippen molar-refractivity contribution in [2.75, 3.05) is 50.5 Å². The van der Waals surface area contributed by atoms with Gasteiger partial charge in [0.25, 0.3) is 5.91 Å². The van der Waals surface area contributed by atoms with E-state index in [-0.39, 0.29) is 17.8 Å². The smallest absolute Gasteiger partial charge is 0.317 e. The summed E-state index contributed by atoms with van der Waals surface area (Å²) in [6.07, 6.45) is 11.4. The summed E-state index contributed by atoms with van der Waals surface area (Å²) in [4.78, 5) is 36.0. The Labute approximate surface area is 251 Å². The van der Waals surface area contributed by atoms with E-state index in [2.05, 4.69) is 63.5 Å². The highest BCUT2D eigenvalue weighted by atomic mass is 16.2. The number of hydrogen-bond donors (Lipinski definition) is 3. The Morgan fingerprint density at radius 1 is 1.02 bits per heavy atom. The zero-order valence-electron chi connectivity index (χ0n) is 25.9. The van der Waals surface area contributed by atoms with Crippen LogP contribution in [0.1, 0.15) is 86.3 Å². The number of aromatic nitrogens is 1. The van der Waals surface area contributed by atoms with Crippen molar-refractivity contribution in [3.05, 3.63) is 47.3 Å². The number of rotatable bonds is 8. The molecule has 228 valence electrons. The molecule has 9 nitrogen and oxygen atoms in total. The molecule has 3 aliphatic rings. The van der Waals surface area contributed by atoms with E-state index in [9.17, 15) is 9.59 Å². The second-order valence-corrected chi connectivity index (χ2v) is 12.7. The van der Waals surface area contributed by atoms with Gasteiger partial charge in [0.1, 0.15) is 0 Å². The topological polar surface area (TPSA) is 107 Å². The number of nitrogens with two attached hydrogens (primary N) is 1. The van der Waals surface area contributed by atoms with Gasteiger partial charge in [-0.25, -0.2) is 9.78 Å². The Balaban J connectivity index is 1.32. The largest absolute Gasteiger partial charge is 0.368 e. The number of carbonyl (C=O) groups is 2. The number of likely N-dealkylation sites (tertiary alicyclic amines) is 1. The summed E-state index contributed by atoms with van der Waals surface area (Å²) >= 11 is 0. The summed E-state index contributed by atoms with van der Waals surface area (Å²) in [7, 11) is 3.51. The van der Waals surface area contributed by atoms with Crippen molar-refractivity contribution in [2.24, 2.45) is 11.7 Å². The minimum Gasteiger partial charge on any atom is -0.368 e. The van der Waals surface area contributed by atoms with Crippen molar-refractivity contribution >= 4 is 29.0 Å². The second-order valence-electron chi connectivity index (χ2n) is 12.7. The molecule has 1 saturated carbocycles. The lowest BCUT2D eigenvalue weighted by Crippen LogP contribution is -2.54. The van der Waals surface area contributed by atoms with Crippen molar-refractivity contribution in [3.8, 4) is 0 Å². The summed E-state index contributed by atoms with van der Waals surface area (Å²) in [5.74, 6) is 0.406. The molecule has 42 heavy (non-hydrogen) atoms. The molecule has 4 N–H and O–H groups in total. The van der Waals surface area contributed by atoms with E-state index in [1.165, 1.54) is 57.2 Å². The van der Waals surface area contributed by atoms with E-state index in [4.69, 9.17) is 5.73 Å². The normalized spacial score (nSPS) is 22.2. The van der Waals surface area contributed by atoms with Crippen LogP contribution in [0.4, 0.5) is 21.9 Å². The Morgan fingerprint density at radius 3 is 2.33 bits per heavy atom. The molecule has 3 heterocycles. The zero-order chi connectivity index (χ0) is 29.8. The lowest BCUT2D eigenvalue weighted by atomic mass is 9.88. The van der Waals surface area contributed by atoms with E-state index >= 15 is 0 Å². The lowest BCUT2D eigenvalue weighted by molar-refractivity contribution is 0.0996. The molecule has 2 atom stereocenters. The maximum Gasteiger partial charge on any atom is 0.317 e. The number of piperidine rings is 2. The average Bonchev–Trinajstić information content (AvgIpc) is 3.53. The van der Waals surface area contributed by atoms with Gasteiger partial charge in [-0.05, 0) is 81.1 Å².